The SMILES string of the molecule is COc1ccc(S(=O)(=O)N2CCCCCC2)cc1C(=O)N1CCN(Cc2ccsc2)CC1. The van der Waals surface area contributed by atoms with Crippen LogP contribution in [0.5, 0.6) is 5.75 Å². The van der Waals surface area contributed by atoms with Crippen molar-refractivity contribution in [2.24, 2.45) is 0 Å². The molecular weight excluding hydrogens is 446 g/mol. The van der Waals surface area contributed by atoms with E-state index in [1.165, 1.54) is 18.7 Å². The molecule has 7 nitrogen and oxygen atoms in total. The van der Waals surface area contributed by atoms with E-state index in [-0.39, 0.29) is 10.8 Å². The highest BCUT2D eigenvalue weighted by Gasteiger charge is 2.29. The Kier molecular flexibility index (Phi) is 7.50. The number of carbonyl (C=O) groups excluding carboxylic acids is 1. The number of ether oxygens (including phenoxy) is 1. The van der Waals surface area contributed by atoms with Crippen LogP contribution in [-0.2, 0) is 16.6 Å². The second kappa shape index (κ2) is 10.3. The topological polar surface area (TPSA) is 70.2 Å². The van der Waals surface area contributed by atoms with Crippen molar-refractivity contribution in [2.45, 2.75) is 37.1 Å². The molecule has 3 heterocycles. The molecule has 2 aromatic rings. The number of rotatable bonds is 6. The van der Waals surface area contributed by atoms with Gasteiger partial charge in [0.25, 0.3) is 5.91 Å². The lowest BCUT2D eigenvalue weighted by molar-refractivity contribution is 0.0625. The van der Waals surface area contributed by atoms with Crippen molar-refractivity contribution in [1.29, 1.82) is 0 Å². The van der Waals surface area contributed by atoms with Gasteiger partial charge in [-0.05, 0) is 53.4 Å². The summed E-state index contributed by atoms with van der Waals surface area (Å²) in [6.07, 6.45) is 3.85. The van der Waals surface area contributed by atoms with Crippen LogP contribution in [0.2, 0.25) is 0 Å². The lowest BCUT2D eigenvalue weighted by atomic mass is 10.1. The van der Waals surface area contributed by atoms with Gasteiger partial charge >= 0.3 is 0 Å². The first-order valence-electron chi connectivity index (χ1n) is 11.2. The largest absolute Gasteiger partial charge is 0.496 e. The molecule has 2 aliphatic heterocycles. The Morgan fingerprint density at radius 1 is 1.00 bits per heavy atom. The summed E-state index contributed by atoms with van der Waals surface area (Å²) in [6, 6.07) is 6.78. The fraction of sp³-hybridized carbons (Fsp3) is 0.522. The maximum atomic E-state index is 13.3. The maximum absolute atomic E-state index is 13.3. The van der Waals surface area contributed by atoms with Crippen molar-refractivity contribution in [3.05, 3.63) is 46.2 Å². The number of amides is 1. The molecule has 9 heteroatoms. The summed E-state index contributed by atoms with van der Waals surface area (Å²) in [4.78, 5) is 17.6. The van der Waals surface area contributed by atoms with Crippen LogP contribution in [0, 0.1) is 0 Å². The van der Waals surface area contributed by atoms with E-state index in [0.717, 1.165) is 45.3 Å². The first-order valence-corrected chi connectivity index (χ1v) is 13.6. The van der Waals surface area contributed by atoms with Gasteiger partial charge in [0.05, 0.1) is 17.6 Å². The molecule has 0 aliphatic carbocycles. The second-order valence-electron chi connectivity index (χ2n) is 8.38. The van der Waals surface area contributed by atoms with Crippen LogP contribution in [-0.4, -0.2) is 74.8 Å². The average Bonchev–Trinajstić information content (AvgIpc) is 3.16. The molecule has 0 bridgehead atoms. The van der Waals surface area contributed by atoms with Crippen LogP contribution in [0.1, 0.15) is 41.6 Å². The Labute approximate surface area is 194 Å². The Balaban J connectivity index is 1.49. The second-order valence-corrected chi connectivity index (χ2v) is 11.1. The van der Waals surface area contributed by atoms with E-state index in [1.807, 2.05) is 0 Å². The number of carbonyl (C=O) groups is 1. The summed E-state index contributed by atoms with van der Waals surface area (Å²) in [5.41, 5.74) is 1.61. The van der Waals surface area contributed by atoms with Gasteiger partial charge in [-0.3, -0.25) is 9.69 Å². The average molecular weight is 478 g/mol. The molecule has 0 atom stereocenters. The minimum absolute atomic E-state index is 0.166. The van der Waals surface area contributed by atoms with E-state index in [4.69, 9.17) is 4.74 Å². The molecule has 0 N–H and O–H groups in total. The molecule has 2 fully saturated rings. The number of thiophene rings is 1. The highest BCUT2D eigenvalue weighted by molar-refractivity contribution is 7.89. The van der Waals surface area contributed by atoms with Gasteiger partial charge in [0.2, 0.25) is 10.0 Å². The number of methoxy groups -OCH3 is 1. The number of hydrogen-bond acceptors (Lipinski definition) is 6. The van der Waals surface area contributed by atoms with Gasteiger partial charge in [-0.25, -0.2) is 8.42 Å². The molecule has 1 aromatic carbocycles. The zero-order valence-electron chi connectivity index (χ0n) is 18.5. The Morgan fingerprint density at radius 2 is 1.72 bits per heavy atom. The normalized spacial score (nSPS) is 19.0. The van der Waals surface area contributed by atoms with Gasteiger partial charge < -0.3 is 9.64 Å². The van der Waals surface area contributed by atoms with Crippen molar-refractivity contribution in [2.75, 3.05) is 46.4 Å². The molecule has 0 radical (unpaired) electrons. The molecule has 32 heavy (non-hydrogen) atoms. The van der Waals surface area contributed by atoms with Crippen molar-refractivity contribution >= 4 is 27.3 Å². The number of hydrogen-bond donors (Lipinski definition) is 0. The quantitative estimate of drug-likeness (QED) is 0.639. The lowest BCUT2D eigenvalue weighted by Gasteiger charge is -2.35. The van der Waals surface area contributed by atoms with E-state index in [1.54, 1.807) is 32.7 Å². The third kappa shape index (κ3) is 5.17. The molecule has 0 saturated carbocycles. The molecule has 4 rings (SSSR count). The minimum Gasteiger partial charge on any atom is -0.496 e. The number of piperazine rings is 1. The highest BCUT2D eigenvalue weighted by atomic mass is 32.2. The van der Waals surface area contributed by atoms with Crippen molar-refractivity contribution < 1.29 is 17.9 Å². The predicted molar refractivity (Wildman–Crippen MR) is 126 cm³/mol. The summed E-state index contributed by atoms with van der Waals surface area (Å²) in [5.74, 6) is 0.232. The van der Waals surface area contributed by atoms with E-state index in [9.17, 15) is 13.2 Å². The highest BCUT2D eigenvalue weighted by Crippen LogP contribution is 2.27. The van der Waals surface area contributed by atoms with Crippen LogP contribution in [0.15, 0.2) is 39.9 Å². The molecule has 1 aromatic heterocycles. The van der Waals surface area contributed by atoms with Gasteiger partial charge in [0.15, 0.2) is 0 Å². The van der Waals surface area contributed by atoms with Crippen LogP contribution < -0.4 is 4.74 Å². The van der Waals surface area contributed by atoms with Crippen LogP contribution >= 0.6 is 11.3 Å². The number of benzene rings is 1. The Hall–Kier alpha value is -1.94. The smallest absolute Gasteiger partial charge is 0.257 e. The summed E-state index contributed by atoms with van der Waals surface area (Å²) < 4.78 is 33.5. The van der Waals surface area contributed by atoms with Crippen molar-refractivity contribution in [3.8, 4) is 5.75 Å². The molecule has 2 aliphatic rings. The molecular formula is C23H31N3O4S2. The first kappa shape index (κ1) is 23.2. The van der Waals surface area contributed by atoms with Gasteiger partial charge in [-0.2, -0.15) is 15.6 Å². The number of nitrogens with zero attached hydrogens (tertiary/aromatic N) is 3. The maximum Gasteiger partial charge on any atom is 0.257 e. The summed E-state index contributed by atoms with van der Waals surface area (Å²) in [6.45, 7) is 4.74. The van der Waals surface area contributed by atoms with Crippen LogP contribution in [0.25, 0.3) is 0 Å². The molecule has 174 valence electrons. The molecule has 0 unspecified atom stereocenters. The molecule has 1 amide bonds. The van der Waals surface area contributed by atoms with Crippen molar-refractivity contribution in [1.82, 2.24) is 14.1 Å². The monoisotopic (exact) mass is 477 g/mol. The standard InChI is InChI=1S/C23H31N3O4S2/c1-30-22-7-6-20(32(28,29)26-9-4-2-3-5-10-26)16-21(22)23(27)25-13-11-24(12-14-25)17-19-8-15-31-18-19/h6-8,15-16,18H,2-5,9-14,17H2,1H3. The Bertz CT molecular complexity index is 1010. The summed E-state index contributed by atoms with van der Waals surface area (Å²) in [5, 5.41) is 4.23. The van der Waals surface area contributed by atoms with Crippen LogP contribution in [0.4, 0.5) is 0 Å². The fourth-order valence-electron chi connectivity index (χ4n) is 4.37. The minimum atomic E-state index is -3.64. The molecule has 2 saturated heterocycles. The van der Waals surface area contributed by atoms with Gasteiger partial charge in [-0.15, -0.1) is 0 Å². The third-order valence-electron chi connectivity index (χ3n) is 6.25. The first-order chi connectivity index (χ1) is 15.5. The van der Waals surface area contributed by atoms with E-state index in [0.29, 0.717) is 37.5 Å². The van der Waals surface area contributed by atoms with Crippen LogP contribution in [0.3, 0.4) is 0 Å². The van der Waals surface area contributed by atoms with E-state index >= 15 is 0 Å². The third-order valence-corrected chi connectivity index (χ3v) is 8.88. The predicted octanol–water partition coefficient (Wildman–Crippen LogP) is 3.28. The van der Waals surface area contributed by atoms with Crippen molar-refractivity contribution in [3.63, 3.8) is 0 Å². The lowest BCUT2D eigenvalue weighted by Crippen LogP contribution is -2.48. The van der Waals surface area contributed by atoms with E-state index in [2.05, 4.69) is 21.7 Å². The zero-order chi connectivity index (χ0) is 22.6. The Morgan fingerprint density at radius 3 is 2.34 bits per heavy atom. The van der Waals surface area contributed by atoms with E-state index < -0.39 is 10.0 Å². The van der Waals surface area contributed by atoms with Gasteiger partial charge in [0.1, 0.15) is 5.75 Å². The van der Waals surface area contributed by atoms with Gasteiger partial charge in [0, 0.05) is 45.8 Å². The fourth-order valence-corrected chi connectivity index (χ4v) is 6.57. The number of sulfonamides is 1. The summed E-state index contributed by atoms with van der Waals surface area (Å²) in [7, 11) is -2.13. The zero-order valence-corrected chi connectivity index (χ0v) is 20.2. The summed E-state index contributed by atoms with van der Waals surface area (Å²) >= 11 is 1.69. The van der Waals surface area contributed by atoms with Gasteiger partial charge in [-0.1, -0.05) is 12.8 Å². The molecule has 0 spiro atoms.